The molecular formula is C12H16O2. The van der Waals surface area contributed by atoms with Gasteiger partial charge in [0.25, 0.3) is 0 Å². The van der Waals surface area contributed by atoms with E-state index in [1.54, 1.807) is 7.11 Å². The fourth-order valence-electron chi connectivity index (χ4n) is 1.72. The van der Waals surface area contributed by atoms with Crippen LogP contribution < -0.4 is 4.74 Å². The van der Waals surface area contributed by atoms with Crippen LogP contribution in [0.25, 0.3) is 0 Å². The molecule has 1 fully saturated rings. The van der Waals surface area contributed by atoms with Gasteiger partial charge in [-0.15, -0.1) is 0 Å². The van der Waals surface area contributed by atoms with Gasteiger partial charge >= 0.3 is 0 Å². The summed E-state index contributed by atoms with van der Waals surface area (Å²) < 4.78 is 10.7. The average molecular weight is 192 g/mol. The third-order valence-electron chi connectivity index (χ3n) is 2.81. The third-order valence-corrected chi connectivity index (χ3v) is 2.81. The average Bonchev–Trinajstić information content (AvgIpc) is 2.96. The first-order valence-corrected chi connectivity index (χ1v) is 4.97. The van der Waals surface area contributed by atoms with Crippen LogP contribution in [0, 0.1) is 13.8 Å². The Morgan fingerprint density at radius 3 is 2.71 bits per heavy atom. The largest absolute Gasteiger partial charge is 0.496 e. The first kappa shape index (κ1) is 9.53. The summed E-state index contributed by atoms with van der Waals surface area (Å²) in [5, 5.41) is 0. The van der Waals surface area contributed by atoms with Crippen LogP contribution in [0.1, 0.15) is 16.7 Å². The molecule has 1 aromatic carbocycles. The Morgan fingerprint density at radius 1 is 1.43 bits per heavy atom. The summed E-state index contributed by atoms with van der Waals surface area (Å²) >= 11 is 0. The summed E-state index contributed by atoms with van der Waals surface area (Å²) in [6.45, 7) is 5.11. The fourth-order valence-corrected chi connectivity index (χ4v) is 1.72. The lowest BCUT2D eigenvalue weighted by atomic mass is 10.0. The topological polar surface area (TPSA) is 21.8 Å². The number of hydrogen-bond donors (Lipinski definition) is 0. The first-order chi connectivity index (χ1) is 6.72. The smallest absolute Gasteiger partial charge is 0.125 e. The molecule has 2 heteroatoms. The molecule has 0 radical (unpaired) electrons. The number of methoxy groups -OCH3 is 1. The Morgan fingerprint density at radius 2 is 2.14 bits per heavy atom. The number of benzene rings is 1. The van der Waals surface area contributed by atoms with E-state index in [9.17, 15) is 0 Å². The number of hydrogen-bond acceptors (Lipinski definition) is 2. The molecule has 1 atom stereocenters. The van der Waals surface area contributed by atoms with Crippen LogP contribution >= 0.6 is 0 Å². The normalized spacial score (nSPS) is 19.5. The summed E-state index contributed by atoms with van der Waals surface area (Å²) in [5.74, 6) is 1.03. The van der Waals surface area contributed by atoms with Gasteiger partial charge in [-0.3, -0.25) is 0 Å². The van der Waals surface area contributed by atoms with Crippen LogP contribution in [0.15, 0.2) is 12.1 Å². The number of ether oxygens (including phenoxy) is 2. The van der Waals surface area contributed by atoms with Gasteiger partial charge in [0.05, 0.1) is 19.8 Å². The van der Waals surface area contributed by atoms with E-state index in [0.717, 1.165) is 18.8 Å². The van der Waals surface area contributed by atoms with Gasteiger partial charge in [-0.25, -0.2) is 0 Å². The Labute approximate surface area is 84.8 Å². The Hall–Kier alpha value is -1.02. The van der Waals surface area contributed by atoms with Crippen molar-refractivity contribution in [2.24, 2.45) is 0 Å². The molecule has 76 valence electrons. The van der Waals surface area contributed by atoms with Crippen LogP contribution in [0.2, 0.25) is 0 Å². The van der Waals surface area contributed by atoms with E-state index in [4.69, 9.17) is 9.47 Å². The van der Waals surface area contributed by atoms with Crippen molar-refractivity contribution in [3.05, 3.63) is 28.8 Å². The highest BCUT2D eigenvalue weighted by Crippen LogP contribution is 2.29. The third kappa shape index (κ3) is 1.75. The monoisotopic (exact) mass is 192 g/mol. The van der Waals surface area contributed by atoms with Crippen LogP contribution in [-0.2, 0) is 11.2 Å². The zero-order valence-corrected chi connectivity index (χ0v) is 8.96. The second-order valence-electron chi connectivity index (χ2n) is 3.86. The van der Waals surface area contributed by atoms with Crippen LogP contribution in [0.4, 0.5) is 0 Å². The minimum atomic E-state index is 0.422. The van der Waals surface area contributed by atoms with Crippen molar-refractivity contribution in [3.8, 4) is 5.75 Å². The van der Waals surface area contributed by atoms with Gasteiger partial charge in [-0.05, 0) is 30.5 Å². The zero-order chi connectivity index (χ0) is 10.1. The molecule has 1 aliphatic heterocycles. The maximum Gasteiger partial charge on any atom is 0.125 e. The minimum Gasteiger partial charge on any atom is -0.496 e. The molecule has 2 nitrogen and oxygen atoms in total. The molecule has 0 bridgehead atoms. The maximum atomic E-state index is 5.43. The number of aryl methyl sites for hydroxylation is 1. The highest BCUT2D eigenvalue weighted by atomic mass is 16.6. The van der Waals surface area contributed by atoms with E-state index in [-0.39, 0.29) is 0 Å². The van der Waals surface area contributed by atoms with Crippen molar-refractivity contribution < 1.29 is 9.47 Å². The fraction of sp³-hybridized carbons (Fsp3) is 0.500. The summed E-state index contributed by atoms with van der Waals surface area (Å²) in [6.07, 6.45) is 1.40. The zero-order valence-electron chi connectivity index (χ0n) is 8.96. The number of epoxide rings is 1. The molecule has 0 spiro atoms. The molecule has 1 heterocycles. The van der Waals surface area contributed by atoms with Crippen molar-refractivity contribution in [2.75, 3.05) is 13.7 Å². The Bertz CT molecular complexity index is 340. The number of rotatable bonds is 3. The molecule has 14 heavy (non-hydrogen) atoms. The predicted molar refractivity (Wildman–Crippen MR) is 55.9 cm³/mol. The molecule has 0 N–H and O–H groups in total. The lowest BCUT2D eigenvalue weighted by Gasteiger charge is -2.12. The minimum absolute atomic E-state index is 0.422. The van der Waals surface area contributed by atoms with Crippen molar-refractivity contribution in [3.63, 3.8) is 0 Å². The van der Waals surface area contributed by atoms with Gasteiger partial charge in [0, 0.05) is 6.42 Å². The second kappa shape index (κ2) is 3.62. The maximum absolute atomic E-state index is 5.43. The molecule has 1 aliphatic rings. The molecule has 1 aromatic rings. The first-order valence-electron chi connectivity index (χ1n) is 4.97. The van der Waals surface area contributed by atoms with Gasteiger partial charge in [0.2, 0.25) is 0 Å². The van der Waals surface area contributed by atoms with E-state index in [1.807, 2.05) is 0 Å². The van der Waals surface area contributed by atoms with Gasteiger partial charge in [0.1, 0.15) is 5.75 Å². The van der Waals surface area contributed by atoms with Gasteiger partial charge in [-0.2, -0.15) is 0 Å². The van der Waals surface area contributed by atoms with Crippen molar-refractivity contribution in [2.45, 2.75) is 26.4 Å². The quantitative estimate of drug-likeness (QED) is 0.685. The van der Waals surface area contributed by atoms with Gasteiger partial charge in [0.15, 0.2) is 0 Å². The van der Waals surface area contributed by atoms with E-state index < -0.39 is 0 Å². The molecule has 0 aliphatic carbocycles. The molecular weight excluding hydrogens is 176 g/mol. The van der Waals surface area contributed by atoms with Gasteiger partial charge < -0.3 is 9.47 Å². The van der Waals surface area contributed by atoms with Crippen LogP contribution in [0.3, 0.4) is 0 Å². The lowest BCUT2D eigenvalue weighted by molar-refractivity contribution is 0.389. The van der Waals surface area contributed by atoms with Crippen molar-refractivity contribution >= 4 is 0 Å². The Kier molecular flexibility index (Phi) is 2.46. The van der Waals surface area contributed by atoms with Crippen molar-refractivity contribution in [1.82, 2.24) is 0 Å². The van der Waals surface area contributed by atoms with Gasteiger partial charge in [-0.1, -0.05) is 12.1 Å². The SMILES string of the molecule is COc1c(CC2CO2)ccc(C)c1C. The van der Waals surface area contributed by atoms with E-state index >= 15 is 0 Å². The van der Waals surface area contributed by atoms with E-state index in [2.05, 4.69) is 26.0 Å². The molecule has 2 rings (SSSR count). The summed E-state index contributed by atoms with van der Waals surface area (Å²) in [5.41, 5.74) is 3.78. The highest BCUT2D eigenvalue weighted by Gasteiger charge is 2.24. The molecule has 0 amide bonds. The van der Waals surface area contributed by atoms with Crippen LogP contribution in [-0.4, -0.2) is 19.8 Å². The standard InChI is InChI=1S/C12H16O2/c1-8-4-5-10(6-11-7-14-11)12(13-3)9(8)2/h4-5,11H,6-7H2,1-3H3. The summed E-state index contributed by atoms with van der Waals surface area (Å²) in [7, 11) is 1.74. The molecule has 0 saturated carbocycles. The summed E-state index contributed by atoms with van der Waals surface area (Å²) in [6, 6.07) is 4.29. The van der Waals surface area contributed by atoms with Crippen molar-refractivity contribution in [1.29, 1.82) is 0 Å². The van der Waals surface area contributed by atoms with Crippen LogP contribution in [0.5, 0.6) is 5.75 Å². The predicted octanol–water partition coefficient (Wildman–Crippen LogP) is 2.25. The molecule has 0 aromatic heterocycles. The van der Waals surface area contributed by atoms with E-state index in [0.29, 0.717) is 6.10 Å². The van der Waals surface area contributed by atoms with E-state index in [1.165, 1.54) is 16.7 Å². The molecule has 1 unspecified atom stereocenters. The highest BCUT2D eigenvalue weighted by molar-refractivity contribution is 5.45. The summed E-state index contributed by atoms with van der Waals surface area (Å²) in [4.78, 5) is 0. The lowest BCUT2D eigenvalue weighted by Crippen LogP contribution is -2.00. The molecule has 1 saturated heterocycles. The Balaban J connectivity index is 2.32. The second-order valence-corrected chi connectivity index (χ2v) is 3.86.